The standard InChI is InChI=1S/C18H19N3O3/c1-12-5-3-8-16(19-12)20-18(23)13-9-17(22)21(11-13)14-6-4-7-15(10-14)24-2/h3-8,10,13H,9,11H2,1-2H3,(H,19,20,23). The topological polar surface area (TPSA) is 71.5 Å². The first-order valence-electron chi connectivity index (χ1n) is 7.76. The van der Waals surface area contributed by atoms with Gasteiger partial charge in [0.25, 0.3) is 0 Å². The van der Waals surface area contributed by atoms with Gasteiger partial charge in [0.15, 0.2) is 0 Å². The molecule has 1 N–H and O–H groups in total. The van der Waals surface area contributed by atoms with E-state index in [-0.39, 0.29) is 18.2 Å². The molecule has 1 aromatic carbocycles. The molecule has 1 unspecified atom stereocenters. The molecule has 6 heteroatoms. The average Bonchev–Trinajstić information content (AvgIpc) is 2.97. The minimum atomic E-state index is -0.397. The molecule has 2 amide bonds. The summed E-state index contributed by atoms with van der Waals surface area (Å²) in [7, 11) is 1.58. The molecule has 2 aromatic rings. The van der Waals surface area contributed by atoms with Crippen LogP contribution in [0.5, 0.6) is 5.75 Å². The van der Waals surface area contributed by atoms with E-state index in [1.54, 1.807) is 24.1 Å². The second kappa shape index (κ2) is 6.70. The van der Waals surface area contributed by atoms with Crippen molar-refractivity contribution in [3.8, 4) is 5.75 Å². The van der Waals surface area contributed by atoms with Crippen molar-refractivity contribution in [3.63, 3.8) is 0 Å². The van der Waals surface area contributed by atoms with E-state index in [4.69, 9.17) is 4.74 Å². The molecule has 1 atom stereocenters. The molecule has 6 nitrogen and oxygen atoms in total. The SMILES string of the molecule is COc1cccc(N2CC(C(=O)Nc3cccc(C)n3)CC2=O)c1. The number of hydrogen-bond acceptors (Lipinski definition) is 4. The number of nitrogens with zero attached hydrogens (tertiary/aromatic N) is 2. The molecule has 0 radical (unpaired) electrons. The number of anilines is 2. The number of carbonyl (C=O) groups is 2. The van der Waals surface area contributed by atoms with Gasteiger partial charge in [0.1, 0.15) is 11.6 Å². The van der Waals surface area contributed by atoms with Gasteiger partial charge in [0, 0.05) is 30.4 Å². The molecule has 1 aliphatic rings. The van der Waals surface area contributed by atoms with Gasteiger partial charge in [0.05, 0.1) is 13.0 Å². The lowest BCUT2D eigenvalue weighted by Crippen LogP contribution is -2.28. The number of ether oxygens (including phenoxy) is 1. The van der Waals surface area contributed by atoms with E-state index >= 15 is 0 Å². The lowest BCUT2D eigenvalue weighted by molar-refractivity contribution is -0.122. The van der Waals surface area contributed by atoms with Crippen molar-refractivity contribution in [3.05, 3.63) is 48.2 Å². The van der Waals surface area contributed by atoms with Crippen molar-refractivity contribution < 1.29 is 14.3 Å². The summed E-state index contributed by atoms with van der Waals surface area (Å²) in [6.07, 6.45) is 0.189. The number of rotatable bonds is 4. The van der Waals surface area contributed by atoms with Crippen LogP contribution in [0.4, 0.5) is 11.5 Å². The summed E-state index contributed by atoms with van der Waals surface area (Å²) in [6, 6.07) is 12.7. The molecule has 0 bridgehead atoms. The number of aromatic nitrogens is 1. The maximum atomic E-state index is 12.4. The van der Waals surface area contributed by atoms with E-state index in [2.05, 4.69) is 10.3 Å². The minimum absolute atomic E-state index is 0.0689. The van der Waals surface area contributed by atoms with Crippen molar-refractivity contribution in [1.82, 2.24) is 4.98 Å². The average molecular weight is 325 g/mol. The Morgan fingerprint density at radius 3 is 2.83 bits per heavy atom. The van der Waals surface area contributed by atoms with Crippen molar-refractivity contribution in [1.29, 1.82) is 0 Å². The van der Waals surface area contributed by atoms with Crippen LogP contribution in [0.1, 0.15) is 12.1 Å². The van der Waals surface area contributed by atoms with Crippen LogP contribution in [0.15, 0.2) is 42.5 Å². The maximum Gasteiger partial charge on any atom is 0.230 e. The zero-order valence-electron chi connectivity index (χ0n) is 13.7. The van der Waals surface area contributed by atoms with Gasteiger partial charge in [-0.15, -0.1) is 0 Å². The Labute approximate surface area is 140 Å². The third-order valence-corrected chi connectivity index (χ3v) is 4.00. The second-order valence-electron chi connectivity index (χ2n) is 5.76. The molecule has 1 aromatic heterocycles. The summed E-state index contributed by atoms with van der Waals surface area (Å²) in [5.41, 5.74) is 1.57. The van der Waals surface area contributed by atoms with Crippen LogP contribution in [0, 0.1) is 12.8 Å². The second-order valence-corrected chi connectivity index (χ2v) is 5.76. The third kappa shape index (κ3) is 3.37. The first kappa shape index (κ1) is 16.0. The summed E-state index contributed by atoms with van der Waals surface area (Å²) < 4.78 is 5.19. The zero-order chi connectivity index (χ0) is 17.1. The molecular formula is C18H19N3O3. The number of pyridine rings is 1. The number of benzene rings is 1. The fraction of sp³-hybridized carbons (Fsp3) is 0.278. The number of methoxy groups -OCH3 is 1. The maximum absolute atomic E-state index is 12.4. The predicted octanol–water partition coefficient (Wildman–Crippen LogP) is 2.39. The Balaban J connectivity index is 1.70. The van der Waals surface area contributed by atoms with Gasteiger partial charge in [-0.05, 0) is 31.2 Å². The molecule has 124 valence electrons. The first-order chi connectivity index (χ1) is 11.6. The summed E-state index contributed by atoms with van der Waals surface area (Å²) in [6.45, 7) is 2.21. The van der Waals surface area contributed by atoms with Gasteiger partial charge < -0.3 is 15.0 Å². The molecular weight excluding hydrogens is 306 g/mol. The van der Waals surface area contributed by atoms with Crippen molar-refractivity contribution >= 4 is 23.3 Å². The first-order valence-corrected chi connectivity index (χ1v) is 7.76. The van der Waals surface area contributed by atoms with Crippen molar-refractivity contribution in [2.45, 2.75) is 13.3 Å². The van der Waals surface area contributed by atoms with Crippen LogP contribution in [0.3, 0.4) is 0 Å². The van der Waals surface area contributed by atoms with Gasteiger partial charge in [-0.3, -0.25) is 9.59 Å². The molecule has 1 aliphatic heterocycles. The van der Waals surface area contributed by atoms with Gasteiger partial charge >= 0.3 is 0 Å². The van der Waals surface area contributed by atoms with Crippen LogP contribution in [-0.2, 0) is 9.59 Å². The van der Waals surface area contributed by atoms with E-state index in [1.165, 1.54) is 0 Å². The predicted molar refractivity (Wildman–Crippen MR) is 91.1 cm³/mol. The molecule has 2 heterocycles. The molecule has 0 spiro atoms. The Kier molecular flexibility index (Phi) is 4.46. The number of nitrogens with one attached hydrogen (secondary N) is 1. The Hall–Kier alpha value is -2.89. The molecule has 0 aliphatic carbocycles. The summed E-state index contributed by atoms with van der Waals surface area (Å²) in [5, 5.41) is 2.79. The third-order valence-electron chi connectivity index (χ3n) is 4.00. The Morgan fingerprint density at radius 1 is 1.29 bits per heavy atom. The van der Waals surface area contributed by atoms with E-state index in [0.717, 1.165) is 11.4 Å². The lowest BCUT2D eigenvalue weighted by Gasteiger charge is -2.17. The number of aryl methyl sites for hydroxylation is 1. The van der Waals surface area contributed by atoms with Gasteiger partial charge in [-0.2, -0.15) is 0 Å². The van der Waals surface area contributed by atoms with Crippen LogP contribution < -0.4 is 15.0 Å². The van der Waals surface area contributed by atoms with Gasteiger partial charge in [-0.25, -0.2) is 4.98 Å². The van der Waals surface area contributed by atoms with E-state index < -0.39 is 5.92 Å². The smallest absolute Gasteiger partial charge is 0.230 e. The monoisotopic (exact) mass is 325 g/mol. The molecule has 3 rings (SSSR count). The largest absolute Gasteiger partial charge is 0.497 e. The minimum Gasteiger partial charge on any atom is -0.497 e. The van der Waals surface area contributed by atoms with E-state index in [9.17, 15) is 9.59 Å². The van der Waals surface area contributed by atoms with Crippen molar-refractivity contribution in [2.24, 2.45) is 5.92 Å². The van der Waals surface area contributed by atoms with Crippen LogP contribution in [0.2, 0.25) is 0 Å². The molecule has 24 heavy (non-hydrogen) atoms. The highest BCUT2D eigenvalue weighted by atomic mass is 16.5. The van der Waals surface area contributed by atoms with Crippen LogP contribution in [-0.4, -0.2) is 30.5 Å². The summed E-state index contributed by atoms with van der Waals surface area (Å²) in [5.74, 6) is 0.530. The molecule has 0 saturated carbocycles. The van der Waals surface area contributed by atoms with Crippen LogP contribution >= 0.6 is 0 Å². The Bertz CT molecular complexity index is 776. The summed E-state index contributed by atoms with van der Waals surface area (Å²) >= 11 is 0. The van der Waals surface area contributed by atoms with E-state index in [0.29, 0.717) is 18.1 Å². The molecule has 1 fully saturated rings. The highest BCUT2D eigenvalue weighted by Crippen LogP contribution is 2.28. The fourth-order valence-corrected chi connectivity index (χ4v) is 2.75. The zero-order valence-corrected chi connectivity index (χ0v) is 13.7. The molecule has 1 saturated heterocycles. The normalized spacial score (nSPS) is 17.0. The number of carbonyl (C=O) groups excluding carboxylic acids is 2. The number of hydrogen-bond donors (Lipinski definition) is 1. The quantitative estimate of drug-likeness (QED) is 0.937. The highest BCUT2D eigenvalue weighted by Gasteiger charge is 2.35. The Morgan fingerprint density at radius 2 is 2.08 bits per heavy atom. The van der Waals surface area contributed by atoms with Gasteiger partial charge in [-0.1, -0.05) is 12.1 Å². The van der Waals surface area contributed by atoms with Crippen molar-refractivity contribution in [2.75, 3.05) is 23.9 Å². The number of amides is 2. The van der Waals surface area contributed by atoms with Crippen LogP contribution in [0.25, 0.3) is 0 Å². The summed E-state index contributed by atoms with van der Waals surface area (Å²) in [4.78, 5) is 30.6. The lowest BCUT2D eigenvalue weighted by atomic mass is 10.1. The highest BCUT2D eigenvalue weighted by molar-refractivity contribution is 6.03. The van der Waals surface area contributed by atoms with Gasteiger partial charge in [0.2, 0.25) is 11.8 Å². The van der Waals surface area contributed by atoms with E-state index in [1.807, 2.05) is 37.3 Å². The fourth-order valence-electron chi connectivity index (χ4n) is 2.75.